The molecule has 0 aliphatic carbocycles. The SMILES string of the molecule is CN=C(NCCNC(=O)OC(C)(C)C)NC1CC(C)N(Cc2ccccc2)C1. The van der Waals surface area contributed by atoms with E-state index in [1.54, 1.807) is 7.05 Å². The molecule has 2 atom stereocenters. The van der Waals surface area contributed by atoms with E-state index in [9.17, 15) is 4.79 Å². The molecule has 1 amide bonds. The molecule has 1 aliphatic heterocycles. The van der Waals surface area contributed by atoms with Crippen LogP contribution in [0.4, 0.5) is 4.79 Å². The Labute approximate surface area is 168 Å². The van der Waals surface area contributed by atoms with Crippen molar-refractivity contribution in [2.75, 3.05) is 26.7 Å². The minimum absolute atomic E-state index is 0.351. The van der Waals surface area contributed by atoms with E-state index in [0.717, 1.165) is 25.5 Å². The van der Waals surface area contributed by atoms with Gasteiger partial charge in [-0.25, -0.2) is 4.79 Å². The zero-order valence-electron chi connectivity index (χ0n) is 17.8. The number of hydrogen-bond donors (Lipinski definition) is 3. The number of aliphatic imine (C=N–C) groups is 1. The molecule has 0 radical (unpaired) electrons. The summed E-state index contributed by atoms with van der Waals surface area (Å²) < 4.78 is 5.22. The number of amides is 1. The summed E-state index contributed by atoms with van der Waals surface area (Å²) >= 11 is 0. The third-order valence-corrected chi connectivity index (χ3v) is 4.58. The van der Waals surface area contributed by atoms with Gasteiger partial charge in [0.1, 0.15) is 5.60 Å². The Balaban J connectivity index is 1.70. The highest BCUT2D eigenvalue weighted by Crippen LogP contribution is 2.20. The number of benzene rings is 1. The lowest BCUT2D eigenvalue weighted by molar-refractivity contribution is 0.0529. The maximum Gasteiger partial charge on any atom is 0.407 e. The van der Waals surface area contributed by atoms with Crippen molar-refractivity contribution in [1.82, 2.24) is 20.9 Å². The second-order valence-electron chi connectivity index (χ2n) is 8.27. The first kappa shape index (κ1) is 22.0. The zero-order chi connectivity index (χ0) is 20.6. The number of carbonyl (C=O) groups excluding carboxylic acids is 1. The van der Waals surface area contributed by atoms with Crippen molar-refractivity contribution in [3.05, 3.63) is 35.9 Å². The molecule has 1 fully saturated rings. The van der Waals surface area contributed by atoms with Crippen LogP contribution in [-0.2, 0) is 11.3 Å². The first-order valence-corrected chi connectivity index (χ1v) is 9.99. The molecule has 7 heteroatoms. The molecule has 3 N–H and O–H groups in total. The average molecular weight is 390 g/mol. The van der Waals surface area contributed by atoms with Gasteiger partial charge < -0.3 is 20.7 Å². The molecule has 2 unspecified atom stereocenters. The van der Waals surface area contributed by atoms with E-state index in [4.69, 9.17) is 4.74 Å². The summed E-state index contributed by atoms with van der Waals surface area (Å²) in [5, 5.41) is 9.47. The van der Waals surface area contributed by atoms with E-state index in [-0.39, 0.29) is 0 Å². The predicted octanol–water partition coefficient (Wildman–Crippen LogP) is 2.34. The van der Waals surface area contributed by atoms with Crippen LogP contribution in [0.15, 0.2) is 35.3 Å². The Hall–Kier alpha value is -2.28. The highest BCUT2D eigenvalue weighted by molar-refractivity contribution is 5.80. The van der Waals surface area contributed by atoms with Gasteiger partial charge in [0.15, 0.2) is 5.96 Å². The van der Waals surface area contributed by atoms with Crippen LogP contribution in [0.25, 0.3) is 0 Å². The zero-order valence-corrected chi connectivity index (χ0v) is 17.8. The van der Waals surface area contributed by atoms with Crippen LogP contribution in [0.3, 0.4) is 0 Å². The summed E-state index contributed by atoms with van der Waals surface area (Å²) in [5.41, 5.74) is 0.852. The number of rotatable bonds is 6. The van der Waals surface area contributed by atoms with Gasteiger partial charge in [0.2, 0.25) is 0 Å². The lowest BCUT2D eigenvalue weighted by Crippen LogP contribution is -2.46. The molecule has 0 aromatic heterocycles. The van der Waals surface area contributed by atoms with Crippen LogP contribution in [0, 0.1) is 0 Å². The van der Waals surface area contributed by atoms with Crippen molar-refractivity contribution < 1.29 is 9.53 Å². The highest BCUT2D eigenvalue weighted by atomic mass is 16.6. The van der Waals surface area contributed by atoms with Crippen LogP contribution >= 0.6 is 0 Å². The summed E-state index contributed by atoms with van der Waals surface area (Å²) in [6.45, 7) is 10.8. The van der Waals surface area contributed by atoms with Gasteiger partial charge in [-0.2, -0.15) is 0 Å². The standard InChI is InChI=1S/C21H35N5O2/c1-16-13-18(15-26(16)14-17-9-7-6-8-10-17)25-19(22-5)23-11-12-24-20(27)28-21(2,3)4/h6-10,16,18H,11-15H2,1-5H3,(H,24,27)(H2,22,23,25). The molecule has 0 bridgehead atoms. The Morgan fingerprint density at radius 1 is 1.21 bits per heavy atom. The van der Waals surface area contributed by atoms with Crippen LogP contribution in [0.5, 0.6) is 0 Å². The second kappa shape index (κ2) is 10.3. The fourth-order valence-corrected chi connectivity index (χ4v) is 3.29. The number of guanidine groups is 1. The number of alkyl carbamates (subject to hydrolysis) is 1. The molecule has 0 spiro atoms. The number of nitrogens with zero attached hydrogens (tertiary/aromatic N) is 2. The molecule has 1 aromatic rings. The first-order chi connectivity index (χ1) is 13.3. The van der Waals surface area contributed by atoms with E-state index in [1.807, 2.05) is 20.8 Å². The van der Waals surface area contributed by atoms with Crippen molar-refractivity contribution in [3.63, 3.8) is 0 Å². The minimum Gasteiger partial charge on any atom is -0.444 e. The summed E-state index contributed by atoms with van der Waals surface area (Å²) in [5.74, 6) is 0.754. The van der Waals surface area contributed by atoms with Crippen LogP contribution in [0.2, 0.25) is 0 Å². The molecule has 2 rings (SSSR count). The molecule has 1 saturated heterocycles. The van der Waals surface area contributed by atoms with Crippen molar-refractivity contribution in [2.24, 2.45) is 4.99 Å². The van der Waals surface area contributed by atoms with E-state index < -0.39 is 11.7 Å². The number of hydrogen-bond acceptors (Lipinski definition) is 4. The van der Waals surface area contributed by atoms with Gasteiger partial charge >= 0.3 is 6.09 Å². The van der Waals surface area contributed by atoms with E-state index in [2.05, 4.69) is 63.1 Å². The monoisotopic (exact) mass is 389 g/mol. The van der Waals surface area contributed by atoms with E-state index in [0.29, 0.717) is 25.2 Å². The van der Waals surface area contributed by atoms with Gasteiger partial charge in [0.25, 0.3) is 0 Å². The van der Waals surface area contributed by atoms with E-state index >= 15 is 0 Å². The summed E-state index contributed by atoms with van der Waals surface area (Å²) in [7, 11) is 1.76. The average Bonchev–Trinajstić information content (AvgIpc) is 2.96. The maximum atomic E-state index is 11.7. The molecule has 1 aromatic carbocycles. The normalized spacial score (nSPS) is 20.7. The first-order valence-electron chi connectivity index (χ1n) is 9.99. The molecule has 28 heavy (non-hydrogen) atoms. The van der Waals surface area contributed by atoms with Gasteiger partial charge in [-0.3, -0.25) is 9.89 Å². The van der Waals surface area contributed by atoms with Gasteiger partial charge in [-0.05, 0) is 39.7 Å². The van der Waals surface area contributed by atoms with Crippen molar-refractivity contribution in [2.45, 2.75) is 58.3 Å². The highest BCUT2D eigenvalue weighted by Gasteiger charge is 2.29. The summed E-state index contributed by atoms with van der Waals surface area (Å²) in [6.07, 6.45) is 0.669. The molecule has 0 saturated carbocycles. The number of ether oxygens (including phenoxy) is 1. The second-order valence-corrected chi connectivity index (χ2v) is 8.27. The smallest absolute Gasteiger partial charge is 0.407 e. The molecule has 1 heterocycles. The fourth-order valence-electron chi connectivity index (χ4n) is 3.29. The number of nitrogens with one attached hydrogen (secondary N) is 3. The Kier molecular flexibility index (Phi) is 8.11. The molecule has 1 aliphatic rings. The summed E-state index contributed by atoms with van der Waals surface area (Å²) in [4.78, 5) is 18.4. The quantitative estimate of drug-likeness (QED) is 0.395. The van der Waals surface area contributed by atoms with E-state index in [1.165, 1.54) is 5.56 Å². The predicted molar refractivity (Wildman–Crippen MR) is 113 cm³/mol. The Morgan fingerprint density at radius 3 is 2.54 bits per heavy atom. The molecular weight excluding hydrogens is 354 g/mol. The fraction of sp³-hybridized carbons (Fsp3) is 0.619. The number of likely N-dealkylation sites (tertiary alicyclic amines) is 1. The van der Waals surface area contributed by atoms with Gasteiger partial charge in [0, 0.05) is 45.3 Å². The minimum atomic E-state index is -0.486. The lowest BCUT2D eigenvalue weighted by atomic mass is 10.2. The maximum absolute atomic E-state index is 11.7. The van der Waals surface area contributed by atoms with Crippen LogP contribution < -0.4 is 16.0 Å². The van der Waals surface area contributed by atoms with Gasteiger partial charge in [-0.1, -0.05) is 30.3 Å². The van der Waals surface area contributed by atoms with Crippen LogP contribution in [-0.4, -0.2) is 61.3 Å². The molecular formula is C21H35N5O2. The van der Waals surface area contributed by atoms with Crippen LogP contribution in [0.1, 0.15) is 39.7 Å². The third kappa shape index (κ3) is 7.76. The molecule has 7 nitrogen and oxygen atoms in total. The largest absolute Gasteiger partial charge is 0.444 e. The number of carbonyl (C=O) groups is 1. The van der Waals surface area contributed by atoms with Gasteiger partial charge in [-0.15, -0.1) is 0 Å². The summed E-state index contributed by atoms with van der Waals surface area (Å²) in [6, 6.07) is 11.4. The lowest BCUT2D eigenvalue weighted by Gasteiger charge is -2.21. The topological polar surface area (TPSA) is 78.0 Å². The van der Waals surface area contributed by atoms with Crippen molar-refractivity contribution in [1.29, 1.82) is 0 Å². The Morgan fingerprint density at radius 2 is 1.89 bits per heavy atom. The van der Waals surface area contributed by atoms with Gasteiger partial charge in [0.05, 0.1) is 0 Å². The third-order valence-electron chi connectivity index (χ3n) is 4.58. The van der Waals surface area contributed by atoms with Crippen molar-refractivity contribution >= 4 is 12.1 Å². The van der Waals surface area contributed by atoms with Crippen molar-refractivity contribution in [3.8, 4) is 0 Å². The Bertz CT molecular complexity index is 642. The molecule has 156 valence electrons.